The smallest absolute Gasteiger partial charge is 0.411 e. The van der Waals surface area contributed by atoms with Crippen molar-refractivity contribution < 1.29 is 29.4 Å². The summed E-state index contributed by atoms with van der Waals surface area (Å²) in [5.74, 6) is -1.04. The van der Waals surface area contributed by atoms with Gasteiger partial charge in [0.1, 0.15) is 0 Å². The average Bonchev–Trinajstić information content (AvgIpc) is 3.00. The Hall–Kier alpha value is -3.76. The van der Waals surface area contributed by atoms with E-state index >= 15 is 0 Å². The Morgan fingerprint density at radius 1 is 0.477 bits per heavy atom. The zero-order valence-electron chi connectivity index (χ0n) is 25.8. The highest BCUT2D eigenvalue weighted by Crippen LogP contribution is 2.12. The van der Waals surface area contributed by atoms with E-state index in [9.17, 15) is 19.2 Å². The first-order valence-corrected chi connectivity index (χ1v) is 16.0. The summed E-state index contributed by atoms with van der Waals surface area (Å²) in [4.78, 5) is 46.4. The lowest BCUT2D eigenvalue weighted by Gasteiger charge is -2.17. The third kappa shape index (κ3) is 17.4. The van der Waals surface area contributed by atoms with Crippen molar-refractivity contribution in [1.82, 2.24) is 21.3 Å². The number of imide groups is 2. The fourth-order valence-electron chi connectivity index (χ4n) is 5.17. The summed E-state index contributed by atoms with van der Waals surface area (Å²) < 4.78 is 0. The molecule has 0 saturated heterocycles. The lowest BCUT2D eigenvalue weighted by Crippen LogP contribution is -2.47. The lowest BCUT2D eigenvalue weighted by molar-refractivity contribution is -0.123. The molecular formula is C34H50N4O6. The standard InChI is InChI=1S/C34H50N4O6/c39-31(37-33(41)42)29(25-27-19-13-11-14-20-27)35-23-17-9-7-5-3-1-2-4-6-8-10-18-24-36-30(32(40)38-34(43)44)26-28-21-15-12-16-22-28/h11-16,19-22,29-30,35-36H,1-10,17-18,23-26H2,(H,37,39)(H,38,40)(H,41,42)(H,43,44). The zero-order valence-corrected chi connectivity index (χ0v) is 25.8. The molecule has 0 radical (unpaired) electrons. The lowest BCUT2D eigenvalue weighted by atomic mass is 10.0. The maximum Gasteiger partial charge on any atom is 0.411 e. The molecule has 10 nitrogen and oxygen atoms in total. The molecule has 2 unspecified atom stereocenters. The van der Waals surface area contributed by atoms with Gasteiger partial charge in [-0.3, -0.25) is 20.2 Å². The Morgan fingerprint density at radius 2 is 0.773 bits per heavy atom. The number of benzene rings is 2. The number of carbonyl (C=O) groups is 4. The van der Waals surface area contributed by atoms with Gasteiger partial charge in [-0.1, -0.05) is 125 Å². The van der Waals surface area contributed by atoms with Crippen molar-refractivity contribution in [3.63, 3.8) is 0 Å². The SMILES string of the molecule is O=C(O)NC(=O)C(Cc1ccccc1)NCCCCCCCCCCCCCCNC(Cc1ccccc1)C(=O)NC(=O)O. The molecule has 0 aliphatic heterocycles. The highest BCUT2D eigenvalue weighted by Gasteiger charge is 2.21. The van der Waals surface area contributed by atoms with Gasteiger partial charge in [0.25, 0.3) is 0 Å². The van der Waals surface area contributed by atoms with Crippen LogP contribution in [0.5, 0.6) is 0 Å². The fraction of sp³-hybridized carbons (Fsp3) is 0.529. The van der Waals surface area contributed by atoms with Gasteiger partial charge in [0.15, 0.2) is 0 Å². The summed E-state index contributed by atoms with van der Waals surface area (Å²) in [5, 5.41) is 28.2. The molecule has 0 heterocycles. The van der Waals surface area contributed by atoms with Gasteiger partial charge in [0.05, 0.1) is 12.1 Å². The van der Waals surface area contributed by atoms with E-state index in [-0.39, 0.29) is 0 Å². The molecular weight excluding hydrogens is 560 g/mol. The average molecular weight is 611 g/mol. The second-order valence-electron chi connectivity index (χ2n) is 11.2. The number of hydrogen-bond donors (Lipinski definition) is 6. The molecule has 2 aromatic rings. The molecule has 0 spiro atoms. The molecule has 0 aliphatic rings. The van der Waals surface area contributed by atoms with Gasteiger partial charge in [-0.15, -0.1) is 0 Å². The van der Waals surface area contributed by atoms with Gasteiger partial charge < -0.3 is 20.8 Å². The first kappa shape index (κ1) is 36.4. The first-order chi connectivity index (χ1) is 21.3. The van der Waals surface area contributed by atoms with Gasteiger partial charge in [0.2, 0.25) is 11.8 Å². The molecule has 2 rings (SSSR count). The van der Waals surface area contributed by atoms with Crippen LogP contribution >= 0.6 is 0 Å². The molecule has 6 N–H and O–H groups in total. The topological polar surface area (TPSA) is 157 Å². The van der Waals surface area contributed by atoms with E-state index < -0.39 is 36.1 Å². The van der Waals surface area contributed by atoms with Crippen LogP contribution in [-0.2, 0) is 22.4 Å². The molecule has 0 aromatic heterocycles. The Balaban J connectivity index is 1.46. The number of hydrogen-bond acceptors (Lipinski definition) is 6. The van der Waals surface area contributed by atoms with Gasteiger partial charge in [-0.25, -0.2) is 9.59 Å². The Labute approximate surface area is 261 Å². The van der Waals surface area contributed by atoms with Crippen LogP contribution in [0.25, 0.3) is 0 Å². The predicted octanol–water partition coefficient (Wildman–Crippen LogP) is 5.66. The second-order valence-corrected chi connectivity index (χ2v) is 11.2. The highest BCUT2D eigenvalue weighted by molar-refractivity contribution is 5.94. The molecule has 0 aliphatic carbocycles. The minimum Gasteiger partial charge on any atom is -0.465 e. The van der Waals surface area contributed by atoms with E-state index in [0.717, 1.165) is 49.7 Å². The van der Waals surface area contributed by atoms with Crippen LogP contribution in [0.15, 0.2) is 60.7 Å². The van der Waals surface area contributed by atoms with Crippen molar-refractivity contribution in [2.24, 2.45) is 0 Å². The van der Waals surface area contributed by atoms with Crippen LogP contribution in [0, 0.1) is 0 Å². The van der Waals surface area contributed by atoms with E-state index in [1.165, 1.54) is 38.5 Å². The Kier molecular flexibility index (Phi) is 18.8. The number of amides is 4. The summed E-state index contributed by atoms with van der Waals surface area (Å²) in [5.41, 5.74) is 1.96. The second kappa shape index (κ2) is 22.7. The normalized spacial score (nSPS) is 12.3. The van der Waals surface area contributed by atoms with Crippen LogP contribution < -0.4 is 21.3 Å². The summed E-state index contributed by atoms with van der Waals surface area (Å²) >= 11 is 0. The summed E-state index contributed by atoms with van der Waals surface area (Å²) in [6.07, 6.45) is 11.8. The van der Waals surface area contributed by atoms with Gasteiger partial charge in [-0.05, 0) is 49.9 Å². The molecule has 10 heteroatoms. The predicted molar refractivity (Wildman–Crippen MR) is 172 cm³/mol. The summed E-state index contributed by atoms with van der Waals surface area (Å²) in [7, 11) is 0. The molecule has 2 atom stereocenters. The van der Waals surface area contributed by atoms with Crippen LogP contribution in [0.4, 0.5) is 9.59 Å². The quantitative estimate of drug-likeness (QED) is 0.0881. The summed E-state index contributed by atoms with van der Waals surface area (Å²) in [6.45, 7) is 1.34. The maximum atomic E-state index is 12.3. The minimum absolute atomic E-state index is 0.444. The van der Waals surface area contributed by atoms with Gasteiger partial charge >= 0.3 is 12.2 Å². The Bertz CT molecular complexity index is 1010. The van der Waals surface area contributed by atoms with E-state index in [1.807, 2.05) is 71.3 Å². The number of carbonyl (C=O) groups excluding carboxylic acids is 2. The summed E-state index contributed by atoms with van der Waals surface area (Å²) in [6, 6.07) is 18.0. The third-order valence-electron chi connectivity index (χ3n) is 7.54. The van der Waals surface area contributed by atoms with Crippen molar-refractivity contribution >= 4 is 24.0 Å². The fourth-order valence-corrected chi connectivity index (χ4v) is 5.17. The van der Waals surface area contributed by atoms with Crippen molar-refractivity contribution in [2.45, 2.75) is 102 Å². The molecule has 0 bridgehead atoms. The third-order valence-corrected chi connectivity index (χ3v) is 7.54. The van der Waals surface area contributed by atoms with Gasteiger partial charge in [-0.2, -0.15) is 0 Å². The van der Waals surface area contributed by atoms with Crippen LogP contribution in [0.3, 0.4) is 0 Å². The number of carboxylic acid groups (broad SMARTS) is 2. The van der Waals surface area contributed by atoms with Crippen molar-refractivity contribution in [3.8, 4) is 0 Å². The number of nitrogens with one attached hydrogen (secondary N) is 4. The zero-order chi connectivity index (χ0) is 31.8. The number of rotatable bonds is 23. The highest BCUT2D eigenvalue weighted by atomic mass is 16.4. The van der Waals surface area contributed by atoms with Crippen molar-refractivity contribution in [2.75, 3.05) is 13.1 Å². The molecule has 4 amide bonds. The first-order valence-electron chi connectivity index (χ1n) is 16.0. The van der Waals surface area contributed by atoms with Crippen LogP contribution in [-0.4, -0.2) is 59.4 Å². The van der Waals surface area contributed by atoms with Crippen molar-refractivity contribution in [3.05, 3.63) is 71.8 Å². The number of unbranched alkanes of at least 4 members (excludes halogenated alkanes) is 11. The molecule has 0 fully saturated rings. The van der Waals surface area contributed by atoms with E-state index in [4.69, 9.17) is 10.2 Å². The largest absolute Gasteiger partial charge is 0.465 e. The molecule has 0 saturated carbocycles. The van der Waals surface area contributed by atoms with Crippen molar-refractivity contribution in [1.29, 1.82) is 0 Å². The van der Waals surface area contributed by atoms with Crippen LogP contribution in [0.1, 0.15) is 88.2 Å². The minimum atomic E-state index is -1.33. The molecule has 2 aromatic carbocycles. The van der Waals surface area contributed by atoms with Gasteiger partial charge in [0, 0.05) is 0 Å². The maximum absolute atomic E-state index is 12.3. The van der Waals surface area contributed by atoms with Crippen LogP contribution in [0.2, 0.25) is 0 Å². The Morgan fingerprint density at radius 3 is 1.07 bits per heavy atom. The molecule has 44 heavy (non-hydrogen) atoms. The van der Waals surface area contributed by atoms with E-state index in [0.29, 0.717) is 25.9 Å². The van der Waals surface area contributed by atoms with E-state index in [1.54, 1.807) is 0 Å². The molecule has 242 valence electrons. The van der Waals surface area contributed by atoms with E-state index in [2.05, 4.69) is 10.6 Å². The monoisotopic (exact) mass is 610 g/mol.